The van der Waals surface area contributed by atoms with Crippen molar-refractivity contribution in [2.24, 2.45) is 22.2 Å². The molecule has 43 heavy (non-hydrogen) atoms. The van der Waals surface area contributed by atoms with Gasteiger partial charge in [0.05, 0.1) is 6.04 Å². The molecule has 0 aliphatic heterocycles. The van der Waals surface area contributed by atoms with Crippen molar-refractivity contribution in [2.75, 3.05) is 12.3 Å². The number of hydrogen-bond donors (Lipinski definition) is 9. The van der Waals surface area contributed by atoms with Gasteiger partial charge in [-0.3, -0.25) is 19.4 Å². The number of fused-ring (bicyclic) bond motifs is 1. The number of carbonyl (C=O) groups excluding carboxylic acids is 3. The minimum atomic E-state index is -1.27. The molecule has 0 aliphatic carbocycles. The van der Waals surface area contributed by atoms with E-state index in [1.54, 1.807) is 18.3 Å². The number of rotatable bonds is 16. The molecule has 1 heterocycles. The summed E-state index contributed by atoms with van der Waals surface area (Å²) in [5.74, 6) is -3.46. The molecule has 0 bridgehead atoms. The van der Waals surface area contributed by atoms with Crippen molar-refractivity contribution in [3.8, 4) is 0 Å². The van der Waals surface area contributed by atoms with Gasteiger partial charge in [0.1, 0.15) is 18.1 Å². The molecule has 2 aromatic carbocycles. The molecule has 3 amide bonds. The number of carboxylic acid groups (broad SMARTS) is 1. The van der Waals surface area contributed by atoms with Crippen molar-refractivity contribution in [1.82, 2.24) is 20.9 Å². The molecule has 230 valence electrons. The minimum absolute atomic E-state index is 0.0966. The molecular formula is C29H38N8O5S. The summed E-state index contributed by atoms with van der Waals surface area (Å²) in [6.07, 6.45) is 2.55. The van der Waals surface area contributed by atoms with E-state index < -0.39 is 47.9 Å². The highest BCUT2D eigenvalue weighted by atomic mass is 32.1. The fourth-order valence-corrected chi connectivity index (χ4v) is 4.72. The Morgan fingerprint density at radius 3 is 2.16 bits per heavy atom. The number of H-pyrrole nitrogens is 1. The second-order valence-corrected chi connectivity index (χ2v) is 10.4. The third-order valence-electron chi connectivity index (χ3n) is 6.74. The Kier molecular flexibility index (Phi) is 12.4. The Hall–Kier alpha value is -4.56. The second kappa shape index (κ2) is 16.2. The number of thiol groups is 1. The van der Waals surface area contributed by atoms with Crippen LogP contribution < -0.4 is 33.2 Å². The van der Waals surface area contributed by atoms with Crippen LogP contribution in [0, 0.1) is 0 Å². The van der Waals surface area contributed by atoms with Crippen LogP contribution in [0.1, 0.15) is 24.0 Å². The summed E-state index contributed by atoms with van der Waals surface area (Å²) in [7, 11) is 0. The van der Waals surface area contributed by atoms with Gasteiger partial charge in [-0.1, -0.05) is 48.5 Å². The number of guanidine groups is 1. The average Bonchev–Trinajstić information content (AvgIpc) is 3.39. The van der Waals surface area contributed by atoms with Crippen molar-refractivity contribution in [3.05, 3.63) is 71.9 Å². The van der Waals surface area contributed by atoms with Crippen molar-refractivity contribution in [1.29, 1.82) is 0 Å². The van der Waals surface area contributed by atoms with Crippen LogP contribution >= 0.6 is 12.6 Å². The van der Waals surface area contributed by atoms with Crippen LogP contribution in [0.4, 0.5) is 0 Å². The number of aromatic nitrogens is 1. The summed E-state index contributed by atoms with van der Waals surface area (Å²) in [5, 5.41) is 18.1. The van der Waals surface area contributed by atoms with Gasteiger partial charge in [-0.2, -0.15) is 12.6 Å². The molecule has 3 rings (SSSR count). The quantitative estimate of drug-likeness (QED) is 0.0455. The van der Waals surface area contributed by atoms with E-state index in [9.17, 15) is 24.3 Å². The van der Waals surface area contributed by atoms with Crippen molar-refractivity contribution in [3.63, 3.8) is 0 Å². The van der Waals surface area contributed by atoms with Crippen LogP contribution in [-0.2, 0) is 32.0 Å². The maximum Gasteiger partial charge on any atom is 0.327 e. The average molecular weight is 611 g/mol. The number of para-hydroxylation sites is 1. The van der Waals surface area contributed by atoms with Crippen molar-refractivity contribution >= 4 is 53.2 Å². The van der Waals surface area contributed by atoms with Crippen molar-refractivity contribution < 1.29 is 24.3 Å². The van der Waals surface area contributed by atoms with Gasteiger partial charge in [-0.25, -0.2) is 4.79 Å². The summed E-state index contributed by atoms with van der Waals surface area (Å²) in [6, 6.07) is 12.2. The van der Waals surface area contributed by atoms with Gasteiger partial charge in [-0.05, 0) is 36.5 Å². The summed E-state index contributed by atoms with van der Waals surface area (Å²) in [5.41, 5.74) is 19.6. The Labute approximate surface area is 254 Å². The third kappa shape index (κ3) is 10.0. The molecule has 0 aliphatic rings. The number of nitrogens with one attached hydrogen (secondary N) is 4. The number of nitrogens with two attached hydrogens (primary N) is 3. The standard InChI is InChI=1S/C29H38N8O5S/c30-20(14-18-15-34-21-10-5-4-9-19(18)21)25(38)36-23(13-17-7-2-1-3-8-17)27(40)35-22(11-6-12-33-29(31)32)26(39)37-24(16-43)28(41)42/h1-5,7-10,15,20,22-24,34,43H,6,11-14,16,30H2,(H,35,40)(H,36,38)(H,37,39)(H,41,42)(H4,31,32,33). The van der Waals surface area contributed by atoms with Gasteiger partial charge < -0.3 is 43.2 Å². The molecule has 0 saturated carbocycles. The highest BCUT2D eigenvalue weighted by Crippen LogP contribution is 2.19. The summed E-state index contributed by atoms with van der Waals surface area (Å²) >= 11 is 3.98. The SMILES string of the molecule is NC(N)=NCCCC(NC(=O)C(Cc1ccccc1)NC(=O)C(N)Cc1c[nH]c2ccccc12)C(=O)NC(CS)C(=O)O. The van der Waals surface area contributed by atoms with E-state index in [2.05, 4.69) is 38.6 Å². The highest BCUT2D eigenvalue weighted by Gasteiger charge is 2.30. The minimum Gasteiger partial charge on any atom is -0.480 e. The predicted molar refractivity (Wildman–Crippen MR) is 167 cm³/mol. The van der Waals surface area contributed by atoms with Crippen molar-refractivity contribution in [2.45, 2.75) is 49.9 Å². The lowest BCUT2D eigenvalue weighted by Gasteiger charge is -2.25. The predicted octanol–water partition coefficient (Wildman–Crippen LogP) is -0.197. The number of aromatic amines is 1. The molecule has 3 aromatic rings. The molecule has 4 unspecified atom stereocenters. The third-order valence-corrected chi connectivity index (χ3v) is 7.11. The summed E-state index contributed by atoms with van der Waals surface area (Å²) < 4.78 is 0. The molecular weight excluding hydrogens is 572 g/mol. The Balaban J connectivity index is 1.77. The van der Waals surface area contributed by atoms with Crippen LogP contribution in [0.25, 0.3) is 10.9 Å². The first-order valence-electron chi connectivity index (χ1n) is 13.7. The molecule has 0 fully saturated rings. The van der Waals surface area contributed by atoms with Gasteiger partial charge in [0.15, 0.2) is 5.96 Å². The number of aliphatic carboxylic acids is 1. The van der Waals surface area contributed by atoms with E-state index in [-0.39, 0.29) is 37.5 Å². The lowest BCUT2D eigenvalue weighted by atomic mass is 10.0. The van der Waals surface area contributed by atoms with Gasteiger partial charge in [0.25, 0.3) is 0 Å². The molecule has 14 heteroatoms. The zero-order valence-corrected chi connectivity index (χ0v) is 24.4. The summed E-state index contributed by atoms with van der Waals surface area (Å²) in [6.45, 7) is 0.184. The number of amides is 3. The number of carboxylic acids is 1. The highest BCUT2D eigenvalue weighted by molar-refractivity contribution is 7.80. The number of nitrogens with zero attached hydrogens (tertiary/aromatic N) is 1. The van der Waals surface area contributed by atoms with Gasteiger partial charge in [0.2, 0.25) is 17.7 Å². The van der Waals surface area contributed by atoms with E-state index in [4.69, 9.17) is 17.2 Å². The van der Waals surface area contributed by atoms with Crippen LogP contribution in [0.5, 0.6) is 0 Å². The van der Waals surface area contributed by atoms with E-state index in [1.165, 1.54) is 0 Å². The number of benzene rings is 2. The first-order valence-corrected chi connectivity index (χ1v) is 14.4. The Bertz CT molecular complexity index is 1430. The zero-order chi connectivity index (χ0) is 31.4. The van der Waals surface area contributed by atoms with Gasteiger partial charge in [-0.15, -0.1) is 0 Å². The van der Waals surface area contributed by atoms with Crippen LogP contribution in [0.2, 0.25) is 0 Å². The summed E-state index contributed by atoms with van der Waals surface area (Å²) in [4.78, 5) is 58.4. The number of hydrogen-bond acceptors (Lipinski definition) is 7. The second-order valence-electron chi connectivity index (χ2n) is 10.0. The molecule has 1 aromatic heterocycles. The lowest BCUT2D eigenvalue weighted by molar-refractivity contribution is -0.141. The Morgan fingerprint density at radius 1 is 0.860 bits per heavy atom. The lowest BCUT2D eigenvalue weighted by Crippen LogP contribution is -2.58. The normalized spacial score (nSPS) is 13.7. The van der Waals surface area contributed by atoms with Crippen LogP contribution in [0.15, 0.2) is 65.8 Å². The smallest absolute Gasteiger partial charge is 0.327 e. The monoisotopic (exact) mass is 610 g/mol. The molecule has 11 N–H and O–H groups in total. The van der Waals surface area contributed by atoms with Gasteiger partial charge >= 0.3 is 5.97 Å². The largest absolute Gasteiger partial charge is 0.480 e. The van der Waals surface area contributed by atoms with E-state index in [0.717, 1.165) is 22.0 Å². The molecule has 0 saturated heterocycles. The zero-order valence-electron chi connectivity index (χ0n) is 23.5. The van der Waals surface area contributed by atoms with Crippen LogP contribution in [-0.4, -0.2) is 76.2 Å². The topological polar surface area (TPSA) is 231 Å². The Morgan fingerprint density at radius 2 is 1.49 bits per heavy atom. The maximum atomic E-state index is 13.6. The maximum absolute atomic E-state index is 13.6. The first-order chi connectivity index (χ1) is 20.6. The van der Waals surface area contributed by atoms with E-state index in [1.807, 2.05) is 42.5 Å². The fourth-order valence-electron chi connectivity index (χ4n) is 4.47. The van der Waals surface area contributed by atoms with Gasteiger partial charge in [0, 0.05) is 35.8 Å². The molecule has 0 spiro atoms. The van der Waals surface area contributed by atoms with E-state index in [0.29, 0.717) is 6.42 Å². The fraction of sp³-hybridized carbons (Fsp3) is 0.345. The number of carbonyl (C=O) groups is 4. The number of aliphatic imine (C=N–C) groups is 1. The molecule has 13 nitrogen and oxygen atoms in total. The van der Waals surface area contributed by atoms with E-state index >= 15 is 0 Å². The molecule has 4 atom stereocenters. The molecule has 0 radical (unpaired) electrons. The first kappa shape index (κ1) is 32.9. The van der Waals surface area contributed by atoms with Crippen LogP contribution in [0.3, 0.4) is 0 Å².